The fourth-order valence-electron chi connectivity index (χ4n) is 0.591. The van der Waals surface area contributed by atoms with Gasteiger partial charge in [-0.05, 0) is 6.92 Å². The summed E-state index contributed by atoms with van der Waals surface area (Å²) in [6.07, 6.45) is -1.16. The molecule has 4 N–H and O–H groups in total. The van der Waals surface area contributed by atoms with Crippen molar-refractivity contribution in [1.82, 2.24) is 9.84 Å². The molecule has 7 heteroatoms. The van der Waals surface area contributed by atoms with Gasteiger partial charge < -0.3 is 5.11 Å². The molecule has 0 spiro atoms. The van der Waals surface area contributed by atoms with Crippen LogP contribution in [0.25, 0.3) is 0 Å². The lowest BCUT2D eigenvalue weighted by molar-refractivity contribution is 0.0501. The minimum Gasteiger partial charge on any atom is -0.376 e. The first-order valence-corrected chi connectivity index (χ1v) is 4.63. The Hall–Kier alpha value is -0.210. The van der Waals surface area contributed by atoms with Crippen LogP contribution in [0.2, 0.25) is 0 Å². The molecular formula is C4H13N3O3S. The Kier molecular flexibility index (Phi) is 3.90. The molecule has 6 nitrogen and oxygen atoms in total. The molecule has 0 aromatic heterocycles. The summed E-state index contributed by atoms with van der Waals surface area (Å²) in [5.74, 6) is 0. The highest BCUT2D eigenvalue weighted by Gasteiger charge is 2.20. The molecule has 1 atom stereocenters. The monoisotopic (exact) mass is 183 g/mol. The van der Waals surface area contributed by atoms with E-state index in [1.807, 2.05) is 0 Å². The molecule has 11 heavy (non-hydrogen) atoms. The molecule has 0 aliphatic heterocycles. The van der Waals surface area contributed by atoms with Crippen molar-refractivity contribution in [2.24, 2.45) is 5.14 Å². The smallest absolute Gasteiger partial charge is 0.292 e. The molecule has 68 valence electrons. The highest BCUT2D eigenvalue weighted by atomic mass is 32.2. The highest BCUT2D eigenvalue weighted by Crippen LogP contribution is 1.94. The third-order valence-electron chi connectivity index (χ3n) is 0.927. The molecule has 0 heterocycles. The first-order valence-electron chi connectivity index (χ1n) is 3.13. The fraction of sp³-hybridized carbons (Fsp3) is 1.00. The van der Waals surface area contributed by atoms with Gasteiger partial charge in [0.15, 0.2) is 0 Å². The lowest BCUT2D eigenvalue weighted by Crippen LogP contribution is -2.51. The number of hydrogen-bond donors (Lipinski definition) is 3. The second-order valence-electron chi connectivity index (χ2n) is 1.98. The van der Waals surface area contributed by atoms with Crippen molar-refractivity contribution in [3.63, 3.8) is 0 Å². The van der Waals surface area contributed by atoms with E-state index in [0.717, 1.165) is 0 Å². The quantitative estimate of drug-likeness (QED) is 0.359. The van der Waals surface area contributed by atoms with E-state index in [2.05, 4.69) is 5.43 Å². The summed E-state index contributed by atoms with van der Waals surface area (Å²) in [7, 11) is -3.85. The van der Waals surface area contributed by atoms with Crippen molar-refractivity contribution >= 4 is 10.2 Å². The number of aliphatic hydroxyl groups excluding tert-OH is 1. The average molecular weight is 183 g/mol. The Labute approximate surface area is 66.1 Å². The summed E-state index contributed by atoms with van der Waals surface area (Å²) >= 11 is 0. The zero-order valence-electron chi connectivity index (χ0n) is 6.48. The average Bonchev–Trinajstić information content (AvgIpc) is 1.79. The standard InChI is InChI=1S/C4H13N3O3S/c1-3-6-7(4(2)8)11(5,9)10/h4,6,8H,3H2,1-2H3,(H2,5,9,10). The Balaban J connectivity index is 4.36. The second kappa shape index (κ2) is 3.98. The number of hydrogen-bond acceptors (Lipinski definition) is 4. The van der Waals surface area contributed by atoms with Crippen LogP contribution in [-0.4, -0.2) is 30.7 Å². The molecule has 0 amide bonds. The van der Waals surface area contributed by atoms with E-state index in [4.69, 9.17) is 10.2 Å². The van der Waals surface area contributed by atoms with Gasteiger partial charge in [-0.3, -0.25) is 0 Å². The van der Waals surface area contributed by atoms with E-state index in [-0.39, 0.29) is 0 Å². The van der Waals surface area contributed by atoms with E-state index < -0.39 is 16.4 Å². The summed E-state index contributed by atoms with van der Waals surface area (Å²) in [4.78, 5) is 0. The van der Waals surface area contributed by atoms with E-state index in [1.165, 1.54) is 6.92 Å². The van der Waals surface area contributed by atoms with E-state index in [9.17, 15) is 8.42 Å². The minimum absolute atomic E-state index is 0.376. The Morgan fingerprint density at radius 3 is 2.27 bits per heavy atom. The first-order chi connectivity index (χ1) is 4.89. The summed E-state index contributed by atoms with van der Waals surface area (Å²) in [5.41, 5.74) is 2.39. The molecule has 1 unspecified atom stereocenters. The molecule has 0 saturated heterocycles. The van der Waals surface area contributed by atoms with Gasteiger partial charge in [-0.15, -0.1) is 0 Å². The summed E-state index contributed by atoms with van der Waals surface area (Å²) < 4.78 is 21.9. The number of aliphatic hydroxyl groups is 1. The molecular weight excluding hydrogens is 170 g/mol. The predicted molar refractivity (Wildman–Crippen MR) is 40.3 cm³/mol. The molecule has 0 fully saturated rings. The first kappa shape index (κ1) is 10.8. The van der Waals surface area contributed by atoms with Crippen molar-refractivity contribution in [2.75, 3.05) is 6.54 Å². The maximum Gasteiger partial charge on any atom is 0.292 e. The molecule has 0 saturated carbocycles. The van der Waals surface area contributed by atoms with Gasteiger partial charge in [0, 0.05) is 6.54 Å². The van der Waals surface area contributed by atoms with Crippen molar-refractivity contribution < 1.29 is 13.5 Å². The zero-order chi connectivity index (χ0) is 9.07. The summed E-state index contributed by atoms with van der Waals surface area (Å²) in [6.45, 7) is 3.37. The SMILES string of the molecule is CCNN(C(C)O)S(N)(=O)=O. The number of rotatable bonds is 4. The predicted octanol–water partition coefficient (Wildman–Crippen LogP) is -1.65. The maximum atomic E-state index is 10.6. The van der Waals surface area contributed by atoms with Gasteiger partial charge in [0.25, 0.3) is 10.2 Å². The molecule has 0 aromatic rings. The molecule has 0 bridgehead atoms. The largest absolute Gasteiger partial charge is 0.376 e. The van der Waals surface area contributed by atoms with Gasteiger partial charge in [0.05, 0.1) is 0 Å². The molecule has 0 radical (unpaired) electrons. The van der Waals surface area contributed by atoms with Crippen molar-refractivity contribution in [2.45, 2.75) is 20.1 Å². The van der Waals surface area contributed by atoms with E-state index >= 15 is 0 Å². The van der Waals surface area contributed by atoms with Gasteiger partial charge >= 0.3 is 0 Å². The summed E-state index contributed by atoms with van der Waals surface area (Å²) in [5, 5.41) is 13.6. The Morgan fingerprint density at radius 1 is 1.73 bits per heavy atom. The number of nitrogens with one attached hydrogen (secondary N) is 1. The van der Waals surface area contributed by atoms with Crippen LogP contribution in [0.3, 0.4) is 0 Å². The maximum absolute atomic E-state index is 10.6. The van der Waals surface area contributed by atoms with Crippen LogP contribution in [0.1, 0.15) is 13.8 Å². The second-order valence-corrected chi connectivity index (χ2v) is 3.41. The van der Waals surface area contributed by atoms with Crippen molar-refractivity contribution in [1.29, 1.82) is 0 Å². The Bertz CT molecular complexity index is 201. The van der Waals surface area contributed by atoms with Crippen LogP contribution in [0.5, 0.6) is 0 Å². The fourth-order valence-corrected chi connectivity index (χ4v) is 1.32. The van der Waals surface area contributed by atoms with E-state index in [1.54, 1.807) is 6.92 Å². The van der Waals surface area contributed by atoms with Crippen molar-refractivity contribution in [3.8, 4) is 0 Å². The van der Waals surface area contributed by atoms with Crippen LogP contribution in [0.15, 0.2) is 0 Å². The molecule has 0 aliphatic carbocycles. The van der Waals surface area contributed by atoms with Crippen LogP contribution in [0.4, 0.5) is 0 Å². The minimum atomic E-state index is -3.85. The van der Waals surface area contributed by atoms with Crippen molar-refractivity contribution in [3.05, 3.63) is 0 Å². The topological polar surface area (TPSA) is 95.7 Å². The van der Waals surface area contributed by atoms with Gasteiger partial charge in [-0.1, -0.05) is 11.3 Å². The lowest BCUT2D eigenvalue weighted by atomic mass is 10.7. The Morgan fingerprint density at radius 2 is 2.18 bits per heavy atom. The molecule has 0 rings (SSSR count). The number of hydrazine groups is 1. The molecule has 0 aromatic carbocycles. The van der Waals surface area contributed by atoms with Crippen LogP contribution >= 0.6 is 0 Å². The van der Waals surface area contributed by atoms with Crippen LogP contribution < -0.4 is 10.6 Å². The number of nitrogens with two attached hydrogens (primary N) is 1. The summed E-state index contributed by atoms with van der Waals surface area (Å²) in [6, 6.07) is 0. The third-order valence-corrected chi connectivity index (χ3v) is 1.91. The third kappa shape index (κ3) is 3.63. The lowest BCUT2D eigenvalue weighted by Gasteiger charge is -2.21. The normalized spacial score (nSPS) is 15.4. The van der Waals surface area contributed by atoms with E-state index in [0.29, 0.717) is 11.0 Å². The van der Waals surface area contributed by atoms with Crippen LogP contribution in [-0.2, 0) is 10.2 Å². The number of nitrogens with zero attached hydrogens (tertiary/aromatic N) is 1. The highest BCUT2D eigenvalue weighted by molar-refractivity contribution is 7.86. The van der Waals surface area contributed by atoms with Gasteiger partial charge in [0.2, 0.25) is 0 Å². The van der Waals surface area contributed by atoms with Crippen LogP contribution in [0, 0.1) is 0 Å². The zero-order valence-corrected chi connectivity index (χ0v) is 7.30. The van der Waals surface area contributed by atoms with Gasteiger partial charge in [-0.25, -0.2) is 10.6 Å². The van der Waals surface area contributed by atoms with Gasteiger partial charge in [-0.2, -0.15) is 8.42 Å². The van der Waals surface area contributed by atoms with Gasteiger partial charge in [0.1, 0.15) is 6.23 Å². The molecule has 0 aliphatic rings.